The average Bonchev–Trinajstić information content (AvgIpc) is 2.73. The number of pyridine rings is 1. The van der Waals surface area contributed by atoms with E-state index in [1.165, 1.54) is 19.1 Å². The van der Waals surface area contributed by atoms with Crippen molar-refractivity contribution < 1.29 is 19.4 Å². The highest BCUT2D eigenvalue weighted by Gasteiger charge is 2.53. The quantitative estimate of drug-likeness (QED) is 0.728. The summed E-state index contributed by atoms with van der Waals surface area (Å²) in [6.07, 6.45) is 1.57. The van der Waals surface area contributed by atoms with Gasteiger partial charge < -0.3 is 14.6 Å². The van der Waals surface area contributed by atoms with Gasteiger partial charge in [-0.05, 0) is 0 Å². The van der Waals surface area contributed by atoms with Crippen LogP contribution in [-0.2, 0) is 4.79 Å². The molecule has 120 valence electrons. The monoisotopic (exact) mass is 307 g/mol. The van der Waals surface area contributed by atoms with Gasteiger partial charge in [0.05, 0.1) is 25.8 Å². The van der Waals surface area contributed by atoms with Crippen molar-refractivity contribution in [1.82, 2.24) is 14.4 Å². The number of aromatic nitrogens is 1. The summed E-state index contributed by atoms with van der Waals surface area (Å²) in [4.78, 5) is 29.5. The second-order valence-electron chi connectivity index (χ2n) is 6.01. The molecule has 0 aromatic carbocycles. The van der Waals surface area contributed by atoms with Crippen molar-refractivity contribution in [3.05, 3.63) is 18.3 Å². The summed E-state index contributed by atoms with van der Waals surface area (Å²) >= 11 is 0. The molecular weight excluding hydrogens is 286 g/mol. The molecule has 1 fully saturated rings. The number of methoxy groups -OCH3 is 1. The van der Waals surface area contributed by atoms with Crippen LogP contribution in [0.1, 0.15) is 13.8 Å². The number of quaternary nitrogens is 1. The van der Waals surface area contributed by atoms with Gasteiger partial charge in [0, 0.05) is 25.1 Å². The first-order chi connectivity index (χ1) is 10.3. The Balaban J connectivity index is 2.48. The molecule has 0 radical (unpaired) electrons. The van der Waals surface area contributed by atoms with Crippen molar-refractivity contribution in [2.24, 2.45) is 5.92 Å². The van der Waals surface area contributed by atoms with Crippen LogP contribution in [0.2, 0.25) is 0 Å². The Morgan fingerprint density at radius 2 is 2.23 bits per heavy atom. The summed E-state index contributed by atoms with van der Waals surface area (Å²) in [6, 6.07) is 2.25. The molecule has 1 aliphatic heterocycles. The minimum atomic E-state index is -1.24. The number of carbonyl (C=O) groups excluding carboxylic acids is 2. The van der Waals surface area contributed by atoms with E-state index in [1.807, 2.05) is 13.8 Å². The smallest absolute Gasteiger partial charge is 0.424 e. The van der Waals surface area contributed by atoms with Crippen LogP contribution in [0, 0.1) is 5.92 Å². The second kappa shape index (κ2) is 5.92. The number of carboxylic acid groups (broad SMARTS) is 1. The third-order valence-electron chi connectivity index (χ3n) is 3.99. The van der Waals surface area contributed by atoms with E-state index in [0.29, 0.717) is 18.1 Å². The maximum Gasteiger partial charge on any atom is 0.424 e. The number of urea groups is 1. The van der Waals surface area contributed by atoms with Gasteiger partial charge in [0.15, 0.2) is 5.69 Å². The van der Waals surface area contributed by atoms with Crippen LogP contribution in [0.3, 0.4) is 0 Å². The minimum absolute atomic E-state index is 0.0657. The molecule has 7 nitrogen and oxygen atoms in total. The highest BCUT2D eigenvalue weighted by Crippen LogP contribution is 2.33. The number of likely N-dealkylation sites (N-methyl/N-ethyl adjacent to an activating group) is 1. The van der Waals surface area contributed by atoms with Gasteiger partial charge in [-0.25, -0.2) is 14.3 Å². The van der Waals surface area contributed by atoms with E-state index >= 15 is 0 Å². The van der Waals surface area contributed by atoms with Gasteiger partial charge in [0.1, 0.15) is 12.6 Å². The van der Waals surface area contributed by atoms with Crippen LogP contribution in [0.5, 0.6) is 5.88 Å². The first-order valence-electron chi connectivity index (χ1n) is 7.17. The lowest BCUT2D eigenvalue weighted by molar-refractivity contribution is -0.309. The SMILES string of the molecule is COc1ccc([N+]2(CC(C)C)CC(C(=O)[O-])N(C)C2=O)cn1. The van der Waals surface area contributed by atoms with Crippen molar-refractivity contribution in [2.75, 3.05) is 27.2 Å². The Bertz CT molecular complexity index is 573. The fraction of sp³-hybridized carbons (Fsp3) is 0.533. The molecule has 7 heteroatoms. The summed E-state index contributed by atoms with van der Waals surface area (Å²) in [5.74, 6) is -0.580. The number of ether oxygens (including phenoxy) is 1. The standard InChI is InChI=1S/C15H21N3O4/c1-10(2)8-18(11-5-6-13(22-4)16-7-11)9-12(14(19)20)17(3)15(18)21/h5-7,10,12H,8-9H2,1-4H3. The molecule has 2 rings (SSSR count). The molecule has 0 spiro atoms. The van der Waals surface area contributed by atoms with Gasteiger partial charge in [-0.2, -0.15) is 0 Å². The number of carboxylic acids is 1. The molecule has 0 N–H and O–H groups in total. The molecule has 0 saturated carbocycles. The molecule has 1 aliphatic rings. The normalized spacial score (nSPS) is 24.9. The predicted molar refractivity (Wildman–Crippen MR) is 79.1 cm³/mol. The van der Waals surface area contributed by atoms with Crippen LogP contribution in [-0.4, -0.2) is 55.2 Å². The molecule has 2 atom stereocenters. The third kappa shape index (κ3) is 2.64. The summed E-state index contributed by atoms with van der Waals surface area (Å²) in [5.41, 5.74) is 0.662. The van der Waals surface area contributed by atoms with Gasteiger partial charge in [0.25, 0.3) is 0 Å². The lowest BCUT2D eigenvalue weighted by Crippen LogP contribution is -2.54. The van der Waals surface area contributed by atoms with Gasteiger partial charge in [-0.1, -0.05) is 13.8 Å². The van der Waals surface area contributed by atoms with Crippen molar-refractivity contribution >= 4 is 17.7 Å². The van der Waals surface area contributed by atoms with E-state index in [1.54, 1.807) is 18.3 Å². The van der Waals surface area contributed by atoms with E-state index in [2.05, 4.69) is 4.98 Å². The number of nitrogens with zero attached hydrogens (tertiary/aromatic N) is 3. The number of hydrogen-bond donors (Lipinski definition) is 0. The molecule has 2 unspecified atom stereocenters. The van der Waals surface area contributed by atoms with Gasteiger partial charge >= 0.3 is 6.03 Å². The second-order valence-corrected chi connectivity index (χ2v) is 6.01. The molecule has 2 amide bonds. The van der Waals surface area contributed by atoms with Gasteiger partial charge in [-0.15, -0.1) is 0 Å². The Morgan fingerprint density at radius 1 is 1.55 bits per heavy atom. The zero-order valence-electron chi connectivity index (χ0n) is 13.3. The maximum atomic E-state index is 12.8. The van der Waals surface area contributed by atoms with Crippen molar-refractivity contribution in [2.45, 2.75) is 19.9 Å². The van der Waals surface area contributed by atoms with Crippen LogP contribution < -0.4 is 14.3 Å². The molecule has 22 heavy (non-hydrogen) atoms. The Morgan fingerprint density at radius 3 is 2.64 bits per heavy atom. The van der Waals surface area contributed by atoms with E-state index in [9.17, 15) is 14.7 Å². The number of rotatable bonds is 5. The Hall–Kier alpha value is -2.15. The molecule has 1 aromatic rings. The zero-order chi connectivity index (χ0) is 16.5. The Kier molecular flexibility index (Phi) is 4.37. The van der Waals surface area contributed by atoms with Crippen molar-refractivity contribution in [1.29, 1.82) is 0 Å². The lowest BCUT2D eigenvalue weighted by atomic mass is 10.1. The fourth-order valence-corrected chi connectivity index (χ4v) is 3.01. The van der Waals surface area contributed by atoms with E-state index in [4.69, 9.17) is 4.74 Å². The minimum Gasteiger partial charge on any atom is -0.548 e. The first-order valence-corrected chi connectivity index (χ1v) is 7.17. The molecule has 1 saturated heterocycles. The highest BCUT2D eigenvalue weighted by molar-refractivity contribution is 5.94. The Labute approximate surface area is 129 Å². The fourth-order valence-electron chi connectivity index (χ4n) is 3.01. The number of amides is 2. The van der Waals surface area contributed by atoms with E-state index < -0.39 is 12.0 Å². The average molecular weight is 307 g/mol. The van der Waals surface area contributed by atoms with Gasteiger partial charge in [-0.3, -0.25) is 4.90 Å². The van der Waals surface area contributed by atoms with Crippen LogP contribution >= 0.6 is 0 Å². The molecular formula is C15H21N3O4. The zero-order valence-corrected chi connectivity index (χ0v) is 13.3. The van der Waals surface area contributed by atoms with Crippen LogP contribution in [0.4, 0.5) is 10.5 Å². The number of carbonyl (C=O) groups is 2. The van der Waals surface area contributed by atoms with Gasteiger partial charge in [0.2, 0.25) is 5.88 Å². The summed E-state index contributed by atoms with van der Waals surface area (Å²) in [7, 11) is 3.02. The van der Waals surface area contributed by atoms with Crippen molar-refractivity contribution in [3.63, 3.8) is 0 Å². The summed E-state index contributed by atoms with van der Waals surface area (Å²) < 4.78 is 4.97. The van der Waals surface area contributed by atoms with Crippen LogP contribution in [0.25, 0.3) is 0 Å². The topological polar surface area (TPSA) is 82.6 Å². The van der Waals surface area contributed by atoms with E-state index in [-0.39, 0.29) is 23.0 Å². The largest absolute Gasteiger partial charge is 0.548 e. The molecule has 1 aromatic heterocycles. The summed E-state index contributed by atoms with van der Waals surface area (Å²) in [5, 5.41) is 11.3. The molecule has 2 heterocycles. The number of hydrogen-bond acceptors (Lipinski definition) is 5. The van der Waals surface area contributed by atoms with Crippen molar-refractivity contribution in [3.8, 4) is 5.88 Å². The molecule has 0 aliphatic carbocycles. The first kappa shape index (κ1) is 16.2. The maximum absolute atomic E-state index is 12.8. The van der Waals surface area contributed by atoms with Crippen LogP contribution in [0.15, 0.2) is 18.3 Å². The summed E-state index contributed by atoms with van der Waals surface area (Å²) in [6.45, 7) is 4.64. The number of aliphatic carboxylic acids is 1. The lowest BCUT2D eigenvalue weighted by Gasteiger charge is -2.31. The predicted octanol–water partition coefficient (Wildman–Crippen LogP) is 0.237. The molecule has 0 bridgehead atoms. The van der Waals surface area contributed by atoms with E-state index in [0.717, 1.165) is 0 Å². The highest BCUT2D eigenvalue weighted by atomic mass is 16.5. The third-order valence-corrected chi connectivity index (χ3v) is 3.99.